The molecule has 2 nitrogen and oxygen atoms in total. The summed E-state index contributed by atoms with van der Waals surface area (Å²) in [4.78, 5) is 11.0. The van der Waals surface area contributed by atoms with Gasteiger partial charge in [-0.05, 0) is 12.0 Å². The molecule has 0 saturated heterocycles. The first-order chi connectivity index (χ1) is 6.20. The molecular weight excluding hydrogens is 209 g/mol. The molecule has 0 aliphatic rings. The molecule has 0 heterocycles. The molecule has 1 rings (SSSR count). The summed E-state index contributed by atoms with van der Waals surface area (Å²) < 4.78 is 0.572. The van der Waals surface area contributed by atoms with Gasteiger partial charge in [0.15, 0.2) is 0 Å². The second-order valence-electron chi connectivity index (χ2n) is 2.61. The fraction of sp³-hybridized carbons (Fsp3) is 0.222. The van der Waals surface area contributed by atoms with Crippen molar-refractivity contribution < 1.29 is 4.79 Å². The summed E-state index contributed by atoms with van der Waals surface area (Å²) in [5.74, 6) is -0.285. The van der Waals surface area contributed by atoms with Crippen LogP contribution in [0.1, 0.15) is 12.0 Å². The van der Waals surface area contributed by atoms with Gasteiger partial charge >= 0.3 is 0 Å². The molecule has 1 amide bonds. The molecule has 0 aliphatic heterocycles. The Labute approximate surface area is 87.3 Å². The number of hydrogen-bond donors (Lipinski definition) is 0. The van der Waals surface area contributed by atoms with Crippen molar-refractivity contribution in [1.82, 2.24) is 3.94 Å². The average molecular weight is 218 g/mol. The molecule has 0 unspecified atom stereocenters. The molecule has 4 heteroatoms. The van der Waals surface area contributed by atoms with Crippen LogP contribution in [0.15, 0.2) is 30.3 Å². The van der Waals surface area contributed by atoms with Gasteiger partial charge < -0.3 is 0 Å². The Kier molecular flexibility index (Phi) is 4.06. The first kappa shape index (κ1) is 10.4. The lowest BCUT2D eigenvalue weighted by Crippen LogP contribution is -2.11. The van der Waals surface area contributed by atoms with Crippen molar-refractivity contribution in [2.45, 2.75) is 12.8 Å². The highest BCUT2D eigenvalue weighted by atomic mass is 35.5. The van der Waals surface area contributed by atoms with Crippen molar-refractivity contribution in [1.29, 1.82) is 0 Å². The summed E-state index contributed by atoms with van der Waals surface area (Å²) in [5.41, 5.74) is 1.10. The van der Waals surface area contributed by atoms with Gasteiger partial charge in [-0.2, -0.15) is 3.94 Å². The van der Waals surface area contributed by atoms with Crippen molar-refractivity contribution in [2.24, 2.45) is 0 Å². The van der Waals surface area contributed by atoms with E-state index in [9.17, 15) is 4.79 Å². The summed E-state index contributed by atoms with van der Waals surface area (Å²) >= 11 is 10.5. The Balaban J connectivity index is 2.40. The summed E-state index contributed by atoms with van der Waals surface area (Å²) in [5, 5.41) is 0. The first-order valence-electron chi connectivity index (χ1n) is 3.88. The van der Waals surface area contributed by atoms with Crippen LogP contribution in [-0.4, -0.2) is 9.85 Å². The van der Waals surface area contributed by atoms with E-state index in [2.05, 4.69) is 0 Å². The number of halogens is 2. The minimum atomic E-state index is -0.285. The van der Waals surface area contributed by atoms with Crippen molar-refractivity contribution in [2.75, 3.05) is 0 Å². The van der Waals surface area contributed by atoms with Crippen LogP contribution in [-0.2, 0) is 11.2 Å². The molecule has 0 aromatic heterocycles. The first-order valence-corrected chi connectivity index (χ1v) is 4.56. The van der Waals surface area contributed by atoms with Gasteiger partial charge in [0, 0.05) is 30.0 Å². The van der Waals surface area contributed by atoms with Crippen LogP contribution in [0, 0.1) is 0 Å². The Morgan fingerprint density at radius 3 is 2.38 bits per heavy atom. The molecular formula is C9H9Cl2NO. The number of nitrogens with zero attached hydrogens (tertiary/aromatic N) is 1. The number of carbonyl (C=O) groups is 1. The summed E-state index contributed by atoms with van der Waals surface area (Å²) in [6.45, 7) is 0. The van der Waals surface area contributed by atoms with E-state index in [0.717, 1.165) is 5.56 Å². The lowest BCUT2D eigenvalue weighted by atomic mass is 10.1. The molecule has 0 N–H and O–H groups in total. The smallest absolute Gasteiger partial charge is 0.252 e. The topological polar surface area (TPSA) is 20.3 Å². The number of hydrogen-bond acceptors (Lipinski definition) is 1. The third-order valence-electron chi connectivity index (χ3n) is 1.66. The molecule has 0 atom stereocenters. The van der Waals surface area contributed by atoms with Crippen LogP contribution in [0.4, 0.5) is 0 Å². The van der Waals surface area contributed by atoms with E-state index in [1.165, 1.54) is 0 Å². The summed E-state index contributed by atoms with van der Waals surface area (Å²) in [6, 6.07) is 9.71. The van der Waals surface area contributed by atoms with E-state index in [0.29, 0.717) is 16.8 Å². The van der Waals surface area contributed by atoms with Gasteiger partial charge in [-0.3, -0.25) is 4.79 Å². The van der Waals surface area contributed by atoms with Crippen molar-refractivity contribution >= 4 is 29.5 Å². The van der Waals surface area contributed by atoms with Gasteiger partial charge in [0.05, 0.1) is 0 Å². The highest BCUT2D eigenvalue weighted by Gasteiger charge is 2.07. The van der Waals surface area contributed by atoms with Crippen LogP contribution < -0.4 is 0 Å². The van der Waals surface area contributed by atoms with Gasteiger partial charge in [0.25, 0.3) is 5.91 Å². The second-order valence-corrected chi connectivity index (χ2v) is 3.46. The molecule has 0 spiro atoms. The third kappa shape index (κ3) is 3.66. The maximum atomic E-state index is 11.0. The largest absolute Gasteiger partial charge is 0.272 e. The fourth-order valence-electron chi connectivity index (χ4n) is 0.980. The molecule has 1 aromatic carbocycles. The minimum Gasteiger partial charge on any atom is -0.272 e. The number of aryl methyl sites for hydroxylation is 1. The number of carbonyl (C=O) groups excluding carboxylic acids is 1. The van der Waals surface area contributed by atoms with Crippen LogP contribution in [0.2, 0.25) is 0 Å². The zero-order valence-corrected chi connectivity index (χ0v) is 8.42. The zero-order valence-electron chi connectivity index (χ0n) is 6.91. The lowest BCUT2D eigenvalue weighted by molar-refractivity contribution is -0.123. The van der Waals surface area contributed by atoms with Crippen LogP contribution >= 0.6 is 23.6 Å². The number of benzene rings is 1. The standard InChI is InChI=1S/C9H9Cl2NO/c10-12(11)9(13)7-6-8-4-2-1-3-5-8/h1-5H,6-7H2. The number of amides is 1. The number of rotatable bonds is 3. The van der Waals surface area contributed by atoms with E-state index in [1.54, 1.807) is 0 Å². The monoisotopic (exact) mass is 217 g/mol. The van der Waals surface area contributed by atoms with E-state index in [-0.39, 0.29) is 5.91 Å². The van der Waals surface area contributed by atoms with Crippen molar-refractivity contribution in [3.05, 3.63) is 35.9 Å². The normalized spacial score (nSPS) is 9.69. The van der Waals surface area contributed by atoms with Gasteiger partial charge in [0.2, 0.25) is 0 Å². The van der Waals surface area contributed by atoms with E-state index >= 15 is 0 Å². The van der Waals surface area contributed by atoms with Crippen LogP contribution in [0.5, 0.6) is 0 Å². The molecule has 0 bridgehead atoms. The SMILES string of the molecule is O=C(CCc1ccccc1)N(Cl)Cl. The molecule has 1 aromatic rings. The van der Waals surface area contributed by atoms with Crippen LogP contribution in [0.3, 0.4) is 0 Å². The zero-order chi connectivity index (χ0) is 9.68. The molecule has 70 valence electrons. The van der Waals surface area contributed by atoms with Crippen LogP contribution in [0.25, 0.3) is 0 Å². The molecule has 0 saturated carbocycles. The fourth-order valence-corrected chi connectivity index (χ4v) is 1.15. The molecule has 0 radical (unpaired) electrons. The quantitative estimate of drug-likeness (QED) is 0.714. The van der Waals surface area contributed by atoms with E-state index in [1.807, 2.05) is 30.3 Å². The van der Waals surface area contributed by atoms with Crippen molar-refractivity contribution in [3.8, 4) is 0 Å². The Bertz CT molecular complexity index is 274. The second kappa shape index (κ2) is 5.10. The third-order valence-corrected chi connectivity index (χ3v) is 2.04. The summed E-state index contributed by atoms with van der Waals surface area (Å²) in [6.07, 6.45) is 0.993. The van der Waals surface area contributed by atoms with Gasteiger partial charge in [-0.15, -0.1) is 0 Å². The highest BCUT2D eigenvalue weighted by Crippen LogP contribution is 2.07. The van der Waals surface area contributed by atoms with Gasteiger partial charge in [-0.25, -0.2) is 0 Å². The maximum absolute atomic E-state index is 11.0. The van der Waals surface area contributed by atoms with Gasteiger partial charge in [-0.1, -0.05) is 30.3 Å². The lowest BCUT2D eigenvalue weighted by Gasteiger charge is -2.03. The molecule has 0 aliphatic carbocycles. The predicted octanol–water partition coefficient (Wildman–Crippen LogP) is 2.76. The Morgan fingerprint density at radius 2 is 1.85 bits per heavy atom. The Hall–Kier alpha value is -0.730. The van der Waals surface area contributed by atoms with Gasteiger partial charge in [0.1, 0.15) is 0 Å². The highest BCUT2D eigenvalue weighted by molar-refractivity contribution is 6.41. The summed E-state index contributed by atoms with van der Waals surface area (Å²) in [7, 11) is 0. The molecule has 13 heavy (non-hydrogen) atoms. The predicted molar refractivity (Wildman–Crippen MR) is 53.3 cm³/mol. The van der Waals surface area contributed by atoms with E-state index < -0.39 is 0 Å². The maximum Gasteiger partial charge on any atom is 0.252 e. The van der Waals surface area contributed by atoms with Crippen molar-refractivity contribution in [3.63, 3.8) is 0 Å². The minimum absolute atomic E-state index is 0.285. The average Bonchev–Trinajstić information content (AvgIpc) is 2.15. The Morgan fingerprint density at radius 1 is 1.23 bits per heavy atom. The van der Waals surface area contributed by atoms with E-state index in [4.69, 9.17) is 23.6 Å². The molecule has 0 fully saturated rings.